The Balaban J connectivity index is 2.49. The molecule has 1 atom stereocenters. The third-order valence-corrected chi connectivity index (χ3v) is 2.43. The summed E-state index contributed by atoms with van der Waals surface area (Å²) in [7, 11) is 0. The third-order valence-electron chi connectivity index (χ3n) is 2.43. The van der Waals surface area contributed by atoms with Gasteiger partial charge < -0.3 is 11.1 Å². The minimum absolute atomic E-state index is 0.456. The van der Waals surface area contributed by atoms with Crippen molar-refractivity contribution in [3.63, 3.8) is 0 Å². The molecule has 1 aromatic rings. The summed E-state index contributed by atoms with van der Waals surface area (Å²) in [5.41, 5.74) is 7.24. The first kappa shape index (κ1) is 14.5. The van der Waals surface area contributed by atoms with Gasteiger partial charge in [0.25, 0.3) is 0 Å². The van der Waals surface area contributed by atoms with Crippen LogP contribution in [0.5, 0.6) is 0 Å². The molecule has 0 aliphatic rings. The fourth-order valence-electron chi connectivity index (χ4n) is 1.36. The average Bonchev–Trinajstić information content (AvgIpc) is 2.27. The van der Waals surface area contributed by atoms with Crippen LogP contribution in [-0.4, -0.2) is 18.6 Å². The molecule has 0 spiro atoms. The number of carbonyl (C=O) groups excluding carboxylic acids is 1. The van der Waals surface area contributed by atoms with Gasteiger partial charge in [-0.05, 0) is 12.5 Å². The Bertz CT molecular complexity index is 401. The van der Waals surface area contributed by atoms with E-state index in [1.807, 2.05) is 6.92 Å². The molecule has 3 N–H and O–H groups in total. The number of aryl methyl sites for hydroxylation is 1. The zero-order valence-corrected chi connectivity index (χ0v) is 9.92. The normalized spacial score (nSPS) is 13.2. The third kappa shape index (κ3) is 4.75. The van der Waals surface area contributed by atoms with Gasteiger partial charge in [0.15, 0.2) is 0 Å². The minimum atomic E-state index is -4.28. The summed E-state index contributed by atoms with van der Waals surface area (Å²) in [6, 6.07) is 6.00. The number of rotatable bonds is 4. The van der Waals surface area contributed by atoms with Crippen LogP contribution in [0.25, 0.3) is 0 Å². The van der Waals surface area contributed by atoms with Crippen molar-refractivity contribution in [1.29, 1.82) is 0 Å². The van der Waals surface area contributed by atoms with Gasteiger partial charge in [0, 0.05) is 6.54 Å². The number of hydrogen-bond acceptors (Lipinski definition) is 2. The van der Waals surface area contributed by atoms with Gasteiger partial charge in [-0.15, -0.1) is 0 Å². The van der Waals surface area contributed by atoms with E-state index in [-0.39, 0.29) is 0 Å². The van der Waals surface area contributed by atoms with Gasteiger partial charge in [0.05, 0.1) is 6.42 Å². The summed E-state index contributed by atoms with van der Waals surface area (Å²) in [5.74, 6) is -0.608. The molecule has 0 radical (unpaired) electrons. The number of alkyl halides is 3. The van der Waals surface area contributed by atoms with Gasteiger partial charge in [-0.3, -0.25) is 4.79 Å². The molecule has 0 heterocycles. The predicted octanol–water partition coefficient (Wildman–Crippen LogP) is 2.06. The Morgan fingerprint density at radius 2 is 1.89 bits per heavy atom. The number of benzene rings is 1. The highest BCUT2D eigenvalue weighted by Crippen LogP contribution is 2.18. The van der Waals surface area contributed by atoms with Crippen LogP contribution in [0, 0.1) is 6.92 Å². The van der Waals surface area contributed by atoms with Crippen LogP contribution in [0.4, 0.5) is 13.2 Å². The Hall–Kier alpha value is -1.56. The molecule has 3 nitrogen and oxygen atoms in total. The lowest BCUT2D eigenvalue weighted by molar-refractivity contribution is -0.135. The standard InChI is InChI=1S/C12H15F3N2O/c1-8-2-4-9(5-3-8)10(16)11(18)17-7-6-12(13,14)15/h2-5,10H,6-7,16H2,1H3,(H,17,18). The second-order valence-corrected chi connectivity index (χ2v) is 4.04. The summed E-state index contributed by atoms with van der Waals surface area (Å²) in [6.07, 6.45) is -5.33. The van der Waals surface area contributed by atoms with Crippen LogP contribution in [0.2, 0.25) is 0 Å². The first-order valence-corrected chi connectivity index (χ1v) is 5.46. The smallest absolute Gasteiger partial charge is 0.354 e. The maximum absolute atomic E-state index is 11.9. The maximum Gasteiger partial charge on any atom is 0.390 e. The van der Waals surface area contributed by atoms with Crippen LogP contribution in [0.15, 0.2) is 24.3 Å². The Labute approximate surface area is 103 Å². The molecule has 0 aliphatic carbocycles. The Morgan fingerprint density at radius 3 is 2.39 bits per heavy atom. The summed E-state index contributed by atoms with van der Waals surface area (Å²) >= 11 is 0. The second kappa shape index (κ2) is 5.86. The first-order chi connectivity index (χ1) is 8.29. The lowest BCUT2D eigenvalue weighted by Gasteiger charge is -2.13. The topological polar surface area (TPSA) is 55.1 Å². The highest BCUT2D eigenvalue weighted by Gasteiger charge is 2.27. The molecule has 0 fully saturated rings. The molecule has 0 aliphatic heterocycles. The molecule has 1 aromatic carbocycles. The fraction of sp³-hybridized carbons (Fsp3) is 0.417. The second-order valence-electron chi connectivity index (χ2n) is 4.04. The van der Waals surface area contributed by atoms with E-state index in [1.165, 1.54) is 0 Å². The van der Waals surface area contributed by atoms with Crippen LogP contribution in [-0.2, 0) is 4.79 Å². The number of nitrogens with two attached hydrogens (primary N) is 1. The largest absolute Gasteiger partial charge is 0.390 e. The molecular formula is C12H15F3N2O. The van der Waals surface area contributed by atoms with Gasteiger partial charge in [-0.25, -0.2) is 0 Å². The van der Waals surface area contributed by atoms with Gasteiger partial charge >= 0.3 is 6.18 Å². The minimum Gasteiger partial charge on any atom is -0.354 e. The lowest BCUT2D eigenvalue weighted by Crippen LogP contribution is -2.36. The fourth-order valence-corrected chi connectivity index (χ4v) is 1.36. The van der Waals surface area contributed by atoms with Gasteiger partial charge in [0.2, 0.25) is 5.91 Å². The van der Waals surface area contributed by atoms with E-state index in [4.69, 9.17) is 5.73 Å². The molecule has 0 bridgehead atoms. The summed E-state index contributed by atoms with van der Waals surface area (Å²) in [6.45, 7) is 1.43. The number of amides is 1. The summed E-state index contributed by atoms with van der Waals surface area (Å²) in [5, 5.41) is 2.17. The summed E-state index contributed by atoms with van der Waals surface area (Å²) < 4.78 is 35.7. The van der Waals surface area contributed by atoms with Gasteiger partial charge in [0.1, 0.15) is 6.04 Å². The van der Waals surface area contributed by atoms with Crippen LogP contribution < -0.4 is 11.1 Å². The van der Waals surface area contributed by atoms with E-state index in [1.54, 1.807) is 24.3 Å². The van der Waals surface area contributed by atoms with Crippen molar-refractivity contribution in [1.82, 2.24) is 5.32 Å². The van der Waals surface area contributed by atoms with E-state index in [9.17, 15) is 18.0 Å². The van der Waals surface area contributed by atoms with E-state index < -0.39 is 31.1 Å². The van der Waals surface area contributed by atoms with Crippen LogP contribution >= 0.6 is 0 Å². The highest BCUT2D eigenvalue weighted by atomic mass is 19.4. The number of halogens is 3. The molecular weight excluding hydrogens is 245 g/mol. The molecule has 1 rings (SSSR count). The summed E-state index contributed by atoms with van der Waals surface area (Å²) in [4.78, 5) is 11.5. The predicted molar refractivity (Wildman–Crippen MR) is 61.8 cm³/mol. The highest BCUT2D eigenvalue weighted by molar-refractivity contribution is 5.82. The van der Waals surface area contributed by atoms with Crippen LogP contribution in [0.1, 0.15) is 23.6 Å². The quantitative estimate of drug-likeness (QED) is 0.870. The van der Waals surface area contributed by atoms with Crippen molar-refractivity contribution in [2.24, 2.45) is 5.73 Å². The van der Waals surface area contributed by atoms with Crippen molar-refractivity contribution < 1.29 is 18.0 Å². The van der Waals surface area contributed by atoms with E-state index >= 15 is 0 Å². The molecule has 1 unspecified atom stereocenters. The van der Waals surface area contributed by atoms with Crippen molar-refractivity contribution in [3.05, 3.63) is 35.4 Å². The van der Waals surface area contributed by atoms with Crippen LogP contribution in [0.3, 0.4) is 0 Å². The van der Waals surface area contributed by atoms with Crippen molar-refractivity contribution >= 4 is 5.91 Å². The molecule has 18 heavy (non-hydrogen) atoms. The van der Waals surface area contributed by atoms with Gasteiger partial charge in [-0.1, -0.05) is 29.8 Å². The Morgan fingerprint density at radius 1 is 1.33 bits per heavy atom. The average molecular weight is 260 g/mol. The number of carbonyl (C=O) groups is 1. The lowest BCUT2D eigenvalue weighted by atomic mass is 10.1. The maximum atomic E-state index is 11.9. The van der Waals surface area contributed by atoms with E-state index in [0.717, 1.165) is 5.56 Å². The van der Waals surface area contributed by atoms with E-state index in [0.29, 0.717) is 5.56 Å². The van der Waals surface area contributed by atoms with Crippen molar-refractivity contribution in [2.75, 3.05) is 6.54 Å². The zero-order valence-electron chi connectivity index (χ0n) is 9.92. The molecule has 6 heteroatoms. The molecule has 0 aromatic heterocycles. The number of nitrogens with one attached hydrogen (secondary N) is 1. The molecule has 100 valence electrons. The molecule has 1 amide bonds. The first-order valence-electron chi connectivity index (χ1n) is 5.46. The Kier molecular flexibility index (Phi) is 4.72. The molecule has 0 saturated carbocycles. The van der Waals surface area contributed by atoms with Crippen molar-refractivity contribution in [2.45, 2.75) is 25.6 Å². The SMILES string of the molecule is Cc1ccc(C(N)C(=O)NCCC(F)(F)F)cc1. The van der Waals surface area contributed by atoms with E-state index in [2.05, 4.69) is 5.32 Å². The van der Waals surface area contributed by atoms with Crippen molar-refractivity contribution in [3.8, 4) is 0 Å². The number of hydrogen-bond donors (Lipinski definition) is 2. The zero-order chi connectivity index (χ0) is 13.8. The monoisotopic (exact) mass is 260 g/mol. The molecule has 0 saturated heterocycles. The van der Waals surface area contributed by atoms with Gasteiger partial charge in [-0.2, -0.15) is 13.2 Å².